The molecule has 0 unspecified atom stereocenters. The second-order valence-electron chi connectivity index (χ2n) is 7.98. The molecule has 0 aromatic carbocycles. The first-order valence-electron chi connectivity index (χ1n) is 10.5. The van der Waals surface area contributed by atoms with Crippen molar-refractivity contribution in [3.05, 3.63) is 39.1 Å². The van der Waals surface area contributed by atoms with Gasteiger partial charge in [-0.25, -0.2) is 14.5 Å². The quantitative estimate of drug-likeness (QED) is 0.642. The maximum atomic E-state index is 13.6. The number of aryl methyl sites for hydroxylation is 3. The molecule has 8 nitrogen and oxygen atoms in total. The summed E-state index contributed by atoms with van der Waals surface area (Å²) in [6.07, 6.45) is 1.91. The summed E-state index contributed by atoms with van der Waals surface area (Å²) in [6, 6.07) is 2.07. The van der Waals surface area contributed by atoms with Crippen LogP contribution in [-0.2, 0) is 6.54 Å². The van der Waals surface area contributed by atoms with Crippen molar-refractivity contribution in [1.29, 1.82) is 0 Å². The third-order valence-corrected chi connectivity index (χ3v) is 5.71. The van der Waals surface area contributed by atoms with Crippen LogP contribution in [0.1, 0.15) is 55.3 Å². The summed E-state index contributed by atoms with van der Waals surface area (Å²) in [5.41, 5.74) is 4.62. The van der Waals surface area contributed by atoms with E-state index in [1.807, 2.05) is 39.8 Å². The van der Waals surface area contributed by atoms with Crippen LogP contribution in [0.2, 0.25) is 0 Å². The van der Waals surface area contributed by atoms with Crippen LogP contribution in [0, 0.1) is 20.8 Å². The summed E-state index contributed by atoms with van der Waals surface area (Å²) >= 11 is 0. The Morgan fingerprint density at radius 3 is 2.20 bits per heavy atom. The molecule has 30 heavy (non-hydrogen) atoms. The number of hydrogen-bond acceptors (Lipinski definition) is 6. The van der Waals surface area contributed by atoms with Gasteiger partial charge in [0.05, 0.1) is 30.1 Å². The monoisotopic (exact) mass is 412 g/mol. The van der Waals surface area contributed by atoms with E-state index < -0.39 is 0 Å². The molecule has 0 amide bonds. The fourth-order valence-electron chi connectivity index (χ4n) is 4.12. The number of nitrogens with zero attached hydrogens (tertiary/aromatic N) is 6. The number of rotatable bonds is 7. The topological polar surface area (TPSA) is 88.6 Å². The average molecular weight is 413 g/mol. The molecule has 0 radical (unpaired) electrons. The Labute approximate surface area is 177 Å². The summed E-state index contributed by atoms with van der Waals surface area (Å²) in [7, 11) is 3.78. The number of anilines is 1. The molecule has 0 atom stereocenters. The molecule has 0 aliphatic carbocycles. The molecular weight excluding hydrogens is 380 g/mol. The van der Waals surface area contributed by atoms with E-state index in [1.54, 1.807) is 9.08 Å². The SMILES string of the molecule is CCC(CC)c1cc(C)n2nc(-c3c(C)nc(N(C)C)nc3C)n(CCO)c(=O)c12. The van der Waals surface area contributed by atoms with E-state index in [0.29, 0.717) is 23.2 Å². The summed E-state index contributed by atoms with van der Waals surface area (Å²) < 4.78 is 3.31. The second-order valence-corrected chi connectivity index (χ2v) is 7.98. The van der Waals surface area contributed by atoms with Gasteiger partial charge in [-0.15, -0.1) is 5.10 Å². The zero-order valence-corrected chi connectivity index (χ0v) is 19.0. The van der Waals surface area contributed by atoms with Crippen LogP contribution >= 0.6 is 0 Å². The van der Waals surface area contributed by atoms with Gasteiger partial charge in [-0.1, -0.05) is 13.8 Å². The predicted molar refractivity (Wildman–Crippen MR) is 119 cm³/mol. The summed E-state index contributed by atoms with van der Waals surface area (Å²) in [6.45, 7) is 10.0. The molecule has 3 aromatic rings. The van der Waals surface area contributed by atoms with Gasteiger partial charge in [0.15, 0.2) is 5.82 Å². The first-order valence-corrected chi connectivity index (χ1v) is 10.5. The van der Waals surface area contributed by atoms with E-state index in [4.69, 9.17) is 5.10 Å². The van der Waals surface area contributed by atoms with Gasteiger partial charge >= 0.3 is 0 Å². The van der Waals surface area contributed by atoms with Crippen molar-refractivity contribution in [1.82, 2.24) is 24.1 Å². The average Bonchev–Trinajstić information content (AvgIpc) is 3.01. The maximum Gasteiger partial charge on any atom is 0.278 e. The summed E-state index contributed by atoms with van der Waals surface area (Å²) in [5.74, 6) is 1.39. The predicted octanol–water partition coefficient (Wildman–Crippen LogP) is 2.84. The van der Waals surface area contributed by atoms with Gasteiger partial charge in [0.1, 0.15) is 5.52 Å². The third-order valence-electron chi connectivity index (χ3n) is 5.71. The van der Waals surface area contributed by atoms with Crippen molar-refractivity contribution >= 4 is 11.5 Å². The minimum atomic E-state index is -0.153. The lowest BCUT2D eigenvalue weighted by molar-refractivity contribution is 0.274. The molecule has 3 rings (SSSR count). The van der Waals surface area contributed by atoms with Crippen molar-refractivity contribution in [2.24, 2.45) is 0 Å². The number of aliphatic hydroxyl groups is 1. The van der Waals surface area contributed by atoms with E-state index in [1.165, 1.54) is 0 Å². The minimum absolute atomic E-state index is 0.139. The molecule has 0 fully saturated rings. The van der Waals surface area contributed by atoms with Gasteiger partial charge in [-0.3, -0.25) is 9.36 Å². The molecule has 0 aliphatic heterocycles. The van der Waals surface area contributed by atoms with E-state index in [-0.39, 0.29) is 18.7 Å². The van der Waals surface area contributed by atoms with E-state index in [0.717, 1.165) is 41.1 Å². The van der Waals surface area contributed by atoms with Crippen molar-refractivity contribution in [3.8, 4) is 11.4 Å². The van der Waals surface area contributed by atoms with Crippen LogP contribution in [0.25, 0.3) is 16.9 Å². The molecule has 0 aliphatic rings. The molecule has 0 saturated heterocycles. The highest BCUT2D eigenvalue weighted by Gasteiger charge is 2.24. The van der Waals surface area contributed by atoms with Gasteiger partial charge in [0, 0.05) is 19.8 Å². The van der Waals surface area contributed by atoms with Crippen LogP contribution in [0.3, 0.4) is 0 Å². The number of aliphatic hydroxyl groups excluding tert-OH is 1. The molecular formula is C22H32N6O2. The Morgan fingerprint density at radius 1 is 1.10 bits per heavy atom. The highest BCUT2D eigenvalue weighted by Crippen LogP contribution is 2.30. The standard InChI is InChI=1S/C22H32N6O2/c1-8-16(9-2)17-12-13(3)28-19(17)21(30)27(10-11-29)20(25-28)18-14(4)23-22(26(6)7)24-15(18)5/h12,16,29H,8-11H2,1-7H3. The highest BCUT2D eigenvalue weighted by atomic mass is 16.3. The Hall–Kier alpha value is -2.74. The summed E-state index contributed by atoms with van der Waals surface area (Å²) in [5, 5.41) is 14.6. The molecule has 0 saturated carbocycles. The van der Waals surface area contributed by atoms with Crippen molar-refractivity contribution in [2.75, 3.05) is 25.6 Å². The maximum absolute atomic E-state index is 13.6. The first kappa shape index (κ1) is 22.0. The third kappa shape index (κ3) is 3.60. The van der Waals surface area contributed by atoms with Crippen molar-refractivity contribution < 1.29 is 5.11 Å². The molecule has 0 spiro atoms. The van der Waals surface area contributed by atoms with Crippen LogP contribution in [0.15, 0.2) is 10.9 Å². The summed E-state index contributed by atoms with van der Waals surface area (Å²) in [4.78, 5) is 24.7. The van der Waals surface area contributed by atoms with E-state index >= 15 is 0 Å². The normalized spacial score (nSPS) is 11.6. The van der Waals surface area contributed by atoms with Crippen LogP contribution in [-0.4, -0.2) is 50.0 Å². The number of hydrogen-bond donors (Lipinski definition) is 1. The van der Waals surface area contributed by atoms with Gasteiger partial charge < -0.3 is 10.0 Å². The van der Waals surface area contributed by atoms with Gasteiger partial charge in [0.2, 0.25) is 5.95 Å². The van der Waals surface area contributed by atoms with E-state index in [9.17, 15) is 9.90 Å². The fraction of sp³-hybridized carbons (Fsp3) is 0.545. The zero-order valence-electron chi connectivity index (χ0n) is 19.0. The Balaban J connectivity index is 2.39. The second kappa shape index (κ2) is 8.55. The lowest BCUT2D eigenvalue weighted by atomic mass is 9.95. The lowest BCUT2D eigenvalue weighted by Crippen LogP contribution is -2.29. The first-order chi connectivity index (χ1) is 14.2. The Kier molecular flexibility index (Phi) is 6.26. The van der Waals surface area contributed by atoms with Gasteiger partial charge in [-0.05, 0) is 51.2 Å². The number of aromatic nitrogens is 5. The smallest absolute Gasteiger partial charge is 0.278 e. The zero-order chi connectivity index (χ0) is 22.2. The van der Waals surface area contributed by atoms with Gasteiger partial charge in [-0.2, -0.15) is 0 Å². The van der Waals surface area contributed by atoms with Crippen molar-refractivity contribution in [3.63, 3.8) is 0 Å². The Morgan fingerprint density at radius 2 is 1.70 bits per heavy atom. The lowest BCUT2D eigenvalue weighted by Gasteiger charge is -2.18. The fourth-order valence-corrected chi connectivity index (χ4v) is 4.12. The molecule has 1 N–H and O–H groups in total. The molecule has 0 bridgehead atoms. The van der Waals surface area contributed by atoms with Crippen LogP contribution < -0.4 is 10.5 Å². The molecule has 3 aromatic heterocycles. The van der Waals surface area contributed by atoms with Crippen molar-refractivity contribution in [2.45, 2.75) is 59.9 Å². The molecule has 8 heteroatoms. The Bertz CT molecular complexity index is 1100. The van der Waals surface area contributed by atoms with Crippen LogP contribution in [0.5, 0.6) is 0 Å². The van der Waals surface area contributed by atoms with Crippen LogP contribution in [0.4, 0.5) is 5.95 Å². The van der Waals surface area contributed by atoms with E-state index in [2.05, 4.69) is 29.9 Å². The number of fused-ring (bicyclic) bond motifs is 1. The molecule has 162 valence electrons. The molecule has 3 heterocycles. The highest BCUT2D eigenvalue weighted by molar-refractivity contribution is 5.65. The largest absolute Gasteiger partial charge is 0.395 e. The van der Waals surface area contributed by atoms with Gasteiger partial charge in [0.25, 0.3) is 5.56 Å². The minimum Gasteiger partial charge on any atom is -0.395 e.